The second kappa shape index (κ2) is 5.55. The average Bonchev–Trinajstić information content (AvgIpc) is 2.39. The Hall–Kier alpha value is -1.65. The summed E-state index contributed by atoms with van der Waals surface area (Å²) in [5.41, 5.74) is 1.68. The Morgan fingerprint density at radius 1 is 1.00 bits per heavy atom. The first-order chi connectivity index (χ1) is 8.97. The second-order valence-corrected chi connectivity index (χ2v) is 6.14. The molecule has 0 aliphatic rings. The van der Waals surface area contributed by atoms with Crippen LogP contribution in [0.25, 0.3) is 0 Å². The van der Waals surface area contributed by atoms with Crippen LogP contribution in [-0.4, -0.2) is 14.6 Å². The molecule has 0 aliphatic carbocycles. The van der Waals surface area contributed by atoms with Gasteiger partial charge in [-0.25, -0.2) is 0 Å². The van der Waals surface area contributed by atoms with Crippen molar-refractivity contribution in [2.75, 3.05) is 0 Å². The van der Waals surface area contributed by atoms with Crippen molar-refractivity contribution in [3.8, 4) is 0 Å². The summed E-state index contributed by atoms with van der Waals surface area (Å²) in [6.07, 6.45) is 1.31. The highest BCUT2D eigenvalue weighted by atomic mass is 35.5. The van der Waals surface area contributed by atoms with Crippen molar-refractivity contribution in [2.45, 2.75) is 11.8 Å². The Kier molecular flexibility index (Phi) is 4.02. The summed E-state index contributed by atoms with van der Waals surface area (Å²) in [6, 6.07) is 13.3. The molecule has 0 atom stereocenters. The molecule has 5 heteroatoms. The van der Waals surface area contributed by atoms with Gasteiger partial charge in [0.15, 0.2) is 0 Å². The maximum absolute atomic E-state index is 12.0. The van der Waals surface area contributed by atoms with Crippen LogP contribution in [0.4, 0.5) is 0 Å². The van der Waals surface area contributed by atoms with Crippen molar-refractivity contribution < 1.29 is 8.42 Å². The third kappa shape index (κ3) is 3.66. The van der Waals surface area contributed by atoms with Gasteiger partial charge in [0.25, 0.3) is 10.0 Å². The Bertz CT molecular complexity index is 689. The van der Waals surface area contributed by atoms with Crippen molar-refractivity contribution in [2.24, 2.45) is 4.40 Å². The first-order valence-corrected chi connectivity index (χ1v) is 7.42. The smallest absolute Gasteiger partial charge is 0.199 e. The predicted octanol–water partition coefficient (Wildman–Crippen LogP) is 3.46. The van der Waals surface area contributed by atoms with E-state index in [2.05, 4.69) is 4.40 Å². The van der Waals surface area contributed by atoms with Crippen molar-refractivity contribution in [1.82, 2.24) is 0 Å². The van der Waals surface area contributed by atoms with Gasteiger partial charge in [0.1, 0.15) is 0 Å². The molecule has 2 aromatic rings. The molecular weight excluding hydrogens is 282 g/mol. The summed E-state index contributed by atoms with van der Waals surface area (Å²) in [7, 11) is -3.65. The number of sulfonamides is 1. The monoisotopic (exact) mass is 293 g/mol. The quantitative estimate of drug-likeness (QED) is 0.814. The fraction of sp³-hybridized carbons (Fsp3) is 0.0714. The average molecular weight is 294 g/mol. The maximum Gasteiger partial charge on any atom is 0.282 e. The van der Waals surface area contributed by atoms with Crippen molar-refractivity contribution in [3.63, 3.8) is 0 Å². The number of aryl methyl sites for hydroxylation is 1. The van der Waals surface area contributed by atoms with Crippen LogP contribution in [-0.2, 0) is 10.0 Å². The molecule has 19 heavy (non-hydrogen) atoms. The molecule has 98 valence electrons. The number of hydrogen-bond donors (Lipinski definition) is 0. The summed E-state index contributed by atoms with van der Waals surface area (Å²) >= 11 is 5.75. The number of nitrogens with zero attached hydrogens (tertiary/aromatic N) is 1. The lowest BCUT2D eigenvalue weighted by Gasteiger charge is -1.99. The van der Waals surface area contributed by atoms with E-state index in [9.17, 15) is 8.42 Å². The maximum atomic E-state index is 12.0. The third-order valence-electron chi connectivity index (χ3n) is 2.53. The van der Waals surface area contributed by atoms with Crippen LogP contribution < -0.4 is 0 Å². The van der Waals surface area contributed by atoms with Gasteiger partial charge in [-0.05, 0) is 36.8 Å². The van der Waals surface area contributed by atoms with Crippen LogP contribution >= 0.6 is 11.6 Å². The highest BCUT2D eigenvalue weighted by molar-refractivity contribution is 7.90. The topological polar surface area (TPSA) is 46.5 Å². The zero-order valence-electron chi connectivity index (χ0n) is 10.2. The van der Waals surface area contributed by atoms with E-state index < -0.39 is 10.0 Å². The molecule has 0 heterocycles. The van der Waals surface area contributed by atoms with E-state index in [1.807, 2.05) is 6.92 Å². The molecule has 0 N–H and O–H groups in total. The minimum atomic E-state index is -3.65. The zero-order chi connectivity index (χ0) is 13.9. The van der Waals surface area contributed by atoms with Gasteiger partial charge in [-0.1, -0.05) is 41.4 Å². The summed E-state index contributed by atoms with van der Waals surface area (Å²) in [4.78, 5) is 0.184. The Labute approximate surface area is 117 Å². The number of hydrogen-bond acceptors (Lipinski definition) is 2. The van der Waals surface area contributed by atoms with Gasteiger partial charge < -0.3 is 0 Å². The largest absolute Gasteiger partial charge is 0.282 e. The molecule has 0 bridgehead atoms. The van der Waals surface area contributed by atoms with Crippen LogP contribution in [0.5, 0.6) is 0 Å². The van der Waals surface area contributed by atoms with E-state index in [1.165, 1.54) is 6.21 Å². The lowest BCUT2D eigenvalue weighted by molar-refractivity contribution is 0.598. The van der Waals surface area contributed by atoms with Gasteiger partial charge in [-0.2, -0.15) is 12.8 Å². The van der Waals surface area contributed by atoms with Crippen molar-refractivity contribution in [3.05, 3.63) is 64.7 Å². The highest BCUT2D eigenvalue weighted by Crippen LogP contribution is 2.14. The lowest BCUT2D eigenvalue weighted by Crippen LogP contribution is -1.97. The molecule has 0 unspecified atom stereocenters. The van der Waals surface area contributed by atoms with Crippen LogP contribution in [0.15, 0.2) is 57.8 Å². The Morgan fingerprint density at radius 3 is 2.16 bits per heavy atom. The van der Waals surface area contributed by atoms with Crippen molar-refractivity contribution in [1.29, 1.82) is 0 Å². The summed E-state index contributed by atoms with van der Waals surface area (Å²) < 4.78 is 27.6. The van der Waals surface area contributed by atoms with E-state index in [0.717, 1.165) is 5.56 Å². The predicted molar refractivity (Wildman–Crippen MR) is 77.4 cm³/mol. The zero-order valence-corrected chi connectivity index (χ0v) is 11.8. The molecule has 0 fully saturated rings. The summed E-state index contributed by atoms with van der Waals surface area (Å²) in [5, 5.41) is 0.596. The first-order valence-electron chi connectivity index (χ1n) is 5.60. The van der Waals surface area contributed by atoms with Crippen LogP contribution in [0.3, 0.4) is 0 Å². The Balaban J connectivity index is 2.26. The normalized spacial score (nSPS) is 11.9. The van der Waals surface area contributed by atoms with Gasteiger partial charge in [-0.3, -0.25) is 0 Å². The number of rotatable bonds is 3. The van der Waals surface area contributed by atoms with E-state index in [1.54, 1.807) is 48.5 Å². The van der Waals surface area contributed by atoms with Gasteiger partial charge in [0.05, 0.1) is 4.90 Å². The van der Waals surface area contributed by atoms with Crippen LogP contribution in [0.1, 0.15) is 11.1 Å². The van der Waals surface area contributed by atoms with Crippen molar-refractivity contribution >= 4 is 27.8 Å². The lowest BCUT2D eigenvalue weighted by atomic mass is 10.2. The molecule has 3 nitrogen and oxygen atoms in total. The van der Waals surface area contributed by atoms with Crippen LogP contribution in [0.2, 0.25) is 5.02 Å². The van der Waals surface area contributed by atoms with Crippen LogP contribution in [0, 0.1) is 6.92 Å². The van der Waals surface area contributed by atoms with Gasteiger partial charge in [0.2, 0.25) is 0 Å². The van der Waals surface area contributed by atoms with Gasteiger partial charge >= 0.3 is 0 Å². The molecule has 2 rings (SSSR count). The molecule has 0 saturated carbocycles. The molecule has 0 amide bonds. The number of halogens is 1. The fourth-order valence-corrected chi connectivity index (χ4v) is 2.44. The molecule has 0 spiro atoms. The van der Waals surface area contributed by atoms with Gasteiger partial charge in [0, 0.05) is 11.2 Å². The fourth-order valence-electron chi connectivity index (χ4n) is 1.45. The molecule has 0 radical (unpaired) electrons. The molecule has 0 saturated heterocycles. The first kappa shape index (κ1) is 13.8. The minimum absolute atomic E-state index is 0.184. The summed E-state index contributed by atoms with van der Waals surface area (Å²) in [5.74, 6) is 0. The van der Waals surface area contributed by atoms with E-state index >= 15 is 0 Å². The highest BCUT2D eigenvalue weighted by Gasteiger charge is 2.10. The molecular formula is C14H12ClNO2S. The molecule has 2 aromatic carbocycles. The number of benzene rings is 2. The standard InChI is InChI=1S/C14H12ClNO2S/c1-11-2-8-14(9-3-11)19(17,18)16-10-12-4-6-13(15)7-5-12/h2-10H,1H3. The molecule has 0 aliphatic heterocycles. The van der Waals surface area contributed by atoms with E-state index in [-0.39, 0.29) is 4.90 Å². The van der Waals surface area contributed by atoms with E-state index in [4.69, 9.17) is 11.6 Å². The summed E-state index contributed by atoms with van der Waals surface area (Å²) in [6.45, 7) is 1.90. The minimum Gasteiger partial charge on any atom is -0.199 e. The van der Waals surface area contributed by atoms with Gasteiger partial charge in [-0.15, -0.1) is 0 Å². The van der Waals surface area contributed by atoms with E-state index in [0.29, 0.717) is 10.6 Å². The second-order valence-electron chi connectivity index (χ2n) is 4.07. The molecule has 0 aromatic heterocycles. The third-order valence-corrected chi connectivity index (χ3v) is 4.03. The Morgan fingerprint density at radius 2 is 1.58 bits per heavy atom. The SMILES string of the molecule is Cc1ccc(S(=O)(=O)N=Cc2ccc(Cl)cc2)cc1.